The lowest BCUT2D eigenvalue weighted by Gasteiger charge is -2.16. The number of fused-ring (bicyclic) bond motifs is 1. The number of aromatic nitrogens is 3. The van der Waals surface area contributed by atoms with Crippen LogP contribution in [0.2, 0.25) is 0 Å². The molecule has 11 heteroatoms. The van der Waals surface area contributed by atoms with E-state index in [1.54, 1.807) is 11.7 Å². The Hall–Kier alpha value is -3.67. The maximum atomic E-state index is 13.1. The number of nitrogens with zero attached hydrogens (tertiary/aromatic N) is 3. The van der Waals surface area contributed by atoms with Crippen LogP contribution in [0.25, 0.3) is 10.8 Å². The van der Waals surface area contributed by atoms with Gasteiger partial charge in [-0.15, -0.1) is 5.10 Å². The maximum absolute atomic E-state index is 13.1. The second kappa shape index (κ2) is 10.1. The topological polar surface area (TPSA) is 126 Å². The summed E-state index contributed by atoms with van der Waals surface area (Å²) in [4.78, 5) is 11.8. The molecule has 1 aromatic heterocycles. The number of sulfonamides is 1. The molecule has 176 valence electrons. The Labute approximate surface area is 195 Å². The number of carbonyl (C=O) groups excluding carboxylic acids is 1. The molecule has 1 heterocycles. The molecule has 1 amide bonds. The molecule has 0 saturated heterocycles. The van der Waals surface area contributed by atoms with Crippen molar-refractivity contribution in [2.75, 3.05) is 0 Å². The first-order chi connectivity index (χ1) is 16.3. The standard InChI is InChI=1S/C23H22FN5O4S/c24-19-7-9-22(10-8-19)34(32,33)25-14-20-15-29(28-26-20)21(13-23(30)27-31)12-16-5-6-17-3-1-2-4-18(17)11-16/h1-11,15,21,25,31H,12-14H2,(H,27,30)/t21-/m1/s1. The predicted octanol–water partition coefficient (Wildman–Crippen LogP) is 2.73. The molecule has 0 aliphatic carbocycles. The molecule has 3 aromatic carbocycles. The van der Waals surface area contributed by atoms with Crippen molar-refractivity contribution in [2.45, 2.75) is 30.3 Å². The highest BCUT2D eigenvalue weighted by atomic mass is 32.2. The van der Waals surface area contributed by atoms with Gasteiger partial charge in [0.05, 0.1) is 35.8 Å². The van der Waals surface area contributed by atoms with Crippen LogP contribution in [0, 0.1) is 5.82 Å². The zero-order valence-electron chi connectivity index (χ0n) is 17.9. The van der Waals surface area contributed by atoms with Gasteiger partial charge in [0.15, 0.2) is 0 Å². The van der Waals surface area contributed by atoms with Gasteiger partial charge in [-0.2, -0.15) is 0 Å². The lowest BCUT2D eigenvalue weighted by molar-refractivity contribution is -0.130. The molecule has 4 aromatic rings. The molecule has 0 fully saturated rings. The van der Waals surface area contributed by atoms with Crippen molar-refractivity contribution < 1.29 is 22.8 Å². The molecular formula is C23H22FN5O4S. The lowest BCUT2D eigenvalue weighted by atomic mass is 10.00. The van der Waals surface area contributed by atoms with Crippen LogP contribution in [0.3, 0.4) is 0 Å². The van der Waals surface area contributed by atoms with Crippen molar-refractivity contribution in [1.82, 2.24) is 25.2 Å². The summed E-state index contributed by atoms with van der Waals surface area (Å²) in [7, 11) is -3.87. The van der Waals surface area contributed by atoms with E-state index in [1.807, 2.05) is 42.5 Å². The van der Waals surface area contributed by atoms with Crippen LogP contribution in [0.5, 0.6) is 0 Å². The van der Waals surface area contributed by atoms with Gasteiger partial charge in [-0.3, -0.25) is 10.0 Å². The molecule has 1 atom stereocenters. The summed E-state index contributed by atoms with van der Waals surface area (Å²) in [5.74, 6) is -1.12. The number of hydrogen-bond donors (Lipinski definition) is 3. The van der Waals surface area contributed by atoms with Gasteiger partial charge in [-0.1, -0.05) is 47.7 Å². The van der Waals surface area contributed by atoms with Crippen molar-refractivity contribution in [1.29, 1.82) is 0 Å². The van der Waals surface area contributed by atoms with E-state index >= 15 is 0 Å². The molecule has 0 radical (unpaired) electrons. The largest absolute Gasteiger partial charge is 0.289 e. The fourth-order valence-corrected chi connectivity index (χ4v) is 4.59. The molecule has 0 unspecified atom stereocenters. The number of rotatable bonds is 9. The minimum absolute atomic E-state index is 0.0621. The predicted molar refractivity (Wildman–Crippen MR) is 122 cm³/mol. The molecule has 0 bridgehead atoms. The summed E-state index contributed by atoms with van der Waals surface area (Å²) in [5.41, 5.74) is 2.93. The Kier molecular flexibility index (Phi) is 6.96. The maximum Gasteiger partial charge on any atom is 0.245 e. The van der Waals surface area contributed by atoms with Crippen LogP contribution >= 0.6 is 0 Å². The summed E-state index contributed by atoms with van der Waals surface area (Å²) in [5, 5.41) is 19.2. The van der Waals surface area contributed by atoms with Gasteiger partial charge in [0, 0.05) is 0 Å². The molecule has 0 aliphatic heterocycles. The van der Waals surface area contributed by atoms with E-state index in [0.29, 0.717) is 12.1 Å². The summed E-state index contributed by atoms with van der Waals surface area (Å²) >= 11 is 0. The number of carbonyl (C=O) groups is 1. The quantitative estimate of drug-likeness (QED) is 0.248. The van der Waals surface area contributed by atoms with Crippen LogP contribution in [0.15, 0.2) is 77.8 Å². The van der Waals surface area contributed by atoms with Gasteiger partial charge >= 0.3 is 0 Å². The van der Waals surface area contributed by atoms with Crippen molar-refractivity contribution >= 4 is 26.7 Å². The zero-order valence-corrected chi connectivity index (χ0v) is 18.7. The van der Waals surface area contributed by atoms with Gasteiger partial charge in [0.25, 0.3) is 0 Å². The summed E-state index contributed by atoms with van der Waals surface area (Å²) in [6.07, 6.45) is 1.92. The third-order valence-corrected chi connectivity index (χ3v) is 6.75. The SMILES string of the molecule is O=C(C[C@@H](Cc1ccc2ccccc2c1)n1cc(CNS(=O)(=O)c2ccc(F)cc2)nn1)NO. The molecule has 34 heavy (non-hydrogen) atoms. The fraction of sp³-hybridized carbons (Fsp3) is 0.174. The van der Waals surface area contributed by atoms with Crippen molar-refractivity contribution in [2.24, 2.45) is 0 Å². The summed E-state index contributed by atoms with van der Waals surface area (Å²) in [6.45, 7) is -0.144. The fourth-order valence-electron chi connectivity index (χ4n) is 3.60. The Morgan fingerprint density at radius 3 is 2.53 bits per heavy atom. The minimum atomic E-state index is -3.87. The average Bonchev–Trinajstić information content (AvgIpc) is 3.32. The molecule has 4 rings (SSSR count). The summed E-state index contributed by atoms with van der Waals surface area (Å²) < 4.78 is 41.8. The number of hydrogen-bond acceptors (Lipinski definition) is 6. The number of amides is 1. The number of benzene rings is 3. The molecular weight excluding hydrogens is 461 g/mol. The smallest absolute Gasteiger partial charge is 0.245 e. The van der Waals surface area contributed by atoms with Crippen LogP contribution in [-0.4, -0.2) is 34.5 Å². The third-order valence-electron chi connectivity index (χ3n) is 5.33. The van der Waals surface area contributed by atoms with E-state index < -0.39 is 27.8 Å². The second-order valence-corrected chi connectivity index (χ2v) is 9.51. The average molecular weight is 484 g/mol. The van der Waals surface area contributed by atoms with Crippen LogP contribution in [0.4, 0.5) is 4.39 Å². The highest BCUT2D eigenvalue weighted by Gasteiger charge is 2.20. The highest BCUT2D eigenvalue weighted by molar-refractivity contribution is 7.89. The Balaban J connectivity index is 1.50. The van der Waals surface area contributed by atoms with E-state index in [-0.39, 0.29) is 17.9 Å². The lowest BCUT2D eigenvalue weighted by Crippen LogP contribution is -2.25. The second-order valence-electron chi connectivity index (χ2n) is 7.75. The first kappa shape index (κ1) is 23.5. The number of nitrogens with one attached hydrogen (secondary N) is 2. The van der Waals surface area contributed by atoms with Crippen LogP contribution < -0.4 is 10.2 Å². The monoisotopic (exact) mass is 483 g/mol. The first-order valence-electron chi connectivity index (χ1n) is 10.4. The summed E-state index contributed by atoms with van der Waals surface area (Å²) in [6, 6.07) is 17.9. The normalized spacial score (nSPS) is 12.5. The molecule has 3 N–H and O–H groups in total. The van der Waals surface area contributed by atoms with Gasteiger partial charge in [0.2, 0.25) is 15.9 Å². The molecule has 9 nitrogen and oxygen atoms in total. The molecule has 0 spiro atoms. The van der Waals surface area contributed by atoms with E-state index in [1.165, 1.54) is 16.8 Å². The Bertz CT molecular complexity index is 1410. The Morgan fingerprint density at radius 2 is 1.79 bits per heavy atom. The number of halogens is 1. The van der Waals surface area contributed by atoms with E-state index in [0.717, 1.165) is 28.5 Å². The van der Waals surface area contributed by atoms with Gasteiger partial charge < -0.3 is 0 Å². The van der Waals surface area contributed by atoms with E-state index in [4.69, 9.17) is 5.21 Å². The van der Waals surface area contributed by atoms with Gasteiger partial charge in [-0.05, 0) is 47.0 Å². The van der Waals surface area contributed by atoms with Crippen molar-refractivity contribution in [3.63, 3.8) is 0 Å². The van der Waals surface area contributed by atoms with E-state index in [2.05, 4.69) is 15.0 Å². The molecule has 0 saturated carbocycles. The Morgan fingerprint density at radius 1 is 1.06 bits per heavy atom. The van der Waals surface area contributed by atoms with Crippen LogP contribution in [-0.2, 0) is 27.8 Å². The van der Waals surface area contributed by atoms with Crippen LogP contribution in [0.1, 0.15) is 23.7 Å². The van der Waals surface area contributed by atoms with Crippen molar-refractivity contribution in [3.05, 3.63) is 90.0 Å². The van der Waals surface area contributed by atoms with Crippen molar-refractivity contribution in [3.8, 4) is 0 Å². The first-order valence-corrected chi connectivity index (χ1v) is 11.9. The third kappa shape index (κ3) is 5.63. The van der Waals surface area contributed by atoms with Gasteiger partial charge in [0.1, 0.15) is 5.82 Å². The van der Waals surface area contributed by atoms with Gasteiger partial charge in [-0.25, -0.2) is 27.7 Å². The number of hydroxylamine groups is 1. The highest BCUT2D eigenvalue weighted by Crippen LogP contribution is 2.22. The minimum Gasteiger partial charge on any atom is -0.289 e. The zero-order chi connectivity index (χ0) is 24.1. The van der Waals surface area contributed by atoms with E-state index in [9.17, 15) is 17.6 Å². The molecule has 0 aliphatic rings.